The molecule has 2 aromatic rings. The number of methoxy groups -OCH3 is 3. The first-order valence-corrected chi connectivity index (χ1v) is 6.41. The molecular weight excluding hydrogens is 270 g/mol. The second kappa shape index (κ2) is 6.74. The van der Waals surface area contributed by atoms with Crippen LogP contribution in [0.2, 0.25) is 0 Å². The Balaban J connectivity index is 2.18. The molecule has 0 radical (unpaired) electrons. The zero-order valence-electron chi connectivity index (χ0n) is 12.3. The van der Waals surface area contributed by atoms with Crippen LogP contribution in [0.5, 0.6) is 17.4 Å². The van der Waals surface area contributed by atoms with Gasteiger partial charge in [0, 0.05) is 30.3 Å². The molecule has 0 atom stereocenters. The molecule has 21 heavy (non-hydrogen) atoms. The van der Waals surface area contributed by atoms with Crippen LogP contribution in [0, 0.1) is 0 Å². The summed E-state index contributed by atoms with van der Waals surface area (Å²) in [6.07, 6.45) is 1.89. The molecule has 0 amide bonds. The molecule has 0 aliphatic rings. The summed E-state index contributed by atoms with van der Waals surface area (Å²) < 4.78 is 15.3. The average molecular weight is 287 g/mol. The van der Waals surface area contributed by atoms with Crippen LogP contribution in [0.1, 0.15) is 15.9 Å². The number of ketones is 1. The first kappa shape index (κ1) is 14.8. The molecule has 0 spiro atoms. The smallest absolute Gasteiger partial charge is 0.212 e. The Morgan fingerprint density at radius 2 is 1.67 bits per heavy atom. The van der Waals surface area contributed by atoms with E-state index in [4.69, 9.17) is 14.2 Å². The van der Waals surface area contributed by atoms with Crippen molar-refractivity contribution in [2.75, 3.05) is 21.3 Å². The van der Waals surface area contributed by atoms with E-state index in [1.165, 1.54) is 0 Å². The summed E-state index contributed by atoms with van der Waals surface area (Å²) in [6, 6.07) is 8.67. The van der Waals surface area contributed by atoms with Gasteiger partial charge in [0.15, 0.2) is 5.78 Å². The highest BCUT2D eigenvalue weighted by molar-refractivity contribution is 5.98. The van der Waals surface area contributed by atoms with Crippen molar-refractivity contribution in [1.82, 2.24) is 4.98 Å². The molecule has 0 unspecified atom stereocenters. The zero-order valence-corrected chi connectivity index (χ0v) is 12.3. The number of Topliss-reactive ketones (excluding diaryl/α,β-unsaturated/α-hetero) is 1. The van der Waals surface area contributed by atoms with Crippen molar-refractivity contribution in [3.63, 3.8) is 0 Å². The van der Waals surface area contributed by atoms with Crippen molar-refractivity contribution in [1.29, 1.82) is 0 Å². The van der Waals surface area contributed by atoms with Gasteiger partial charge in [-0.15, -0.1) is 0 Å². The van der Waals surface area contributed by atoms with Gasteiger partial charge in [-0.1, -0.05) is 6.07 Å². The molecule has 0 saturated carbocycles. The van der Waals surface area contributed by atoms with Gasteiger partial charge < -0.3 is 14.2 Å². The number of carbonyl (C=O) groups excluding carboxylic acids is 1. The molecule has 1 aromatic heterocycles. The topological polar surface area (TPSA) is 57.7 Å². The van der Waals surface area contributed by atoms with Gasteiger partial charge in [0.2, 0.25) is 5.88 Å². The minimum Gasteiger partial charge on any atom is -0.497 e. The van der Waals surface area contributed by atoms with Crippen LogP contribution < -0.4 is 14.2 Å². The third-order valence-corrected chi connectivity index (χ3v) is 3.04. The van der Waals surface area contributed by atoms with E-state index in [0.29, 0.717) is 22.9 Å². The first-order chi connectivity index (χ1) is 10.2. The van der Waals surface area contributed by atoms with E-state index in [1.54, 1.807) is 51.8 Å². The Morgan fingerprint density at radius 3 is 2.14 bits per heavy atom. The highest BCUT2D eigenvalue weighted by atomic mass is 16.5. The molecular formula is C16H17NO4. The van der Waals surface area contributed by atoms with E-state index in [9.17, 15) is 4.79 Å². The maximum Gasteiger partial charge on any atom is 0.212 e. The summed E-state index contributed by atoms with van der Waals surface area (Å²) in [7, 11) is 4.66. The Labute approximate surface area is 123 Å². The SMILES string of the molecule is COc1cc(OC)cc(C(=O)Cc2ccc(OC)nc2)c1. The Morgan fingerprint density at radius 1 is 1.00 bits per heavy atom. The average Bonchev–Trinajstić information content (AvgIpc) is 2.54. The molecule has 5 nitrogen and oxygen atoms in total. The lowest BCUT2D eigenvalue weighted by Gasteiger charge is -2.08. The number of ether oxygens (including phenoxy) is 3. The van der Waals surface area contributed by atoms with Gasteiger partial charge in [-0.2, -0.15) is 0 Å². The number of carbonyl (C=O) groups is 1. The van der Waals surface area contributed by atoms with Gasteiger partial charge in [0.1, 0.15) is 11.5 Å². The highest BCUT2D eigenvalue weighted by Crippen LogP contribution is 2.23. The van der Waals surface area contributed by atoms with Gasteiger partial charge in [0.05, 0.1) is 21.3 Å². The standard InChI is InChI=1S/C16H17NO4/c1-19-13-7-12(8-14(9-13)20-2)15(18)6-11-4-5-16(21-3)17-10-11/h4-5,7-10H,6H2,1-3H3. The van der Waals surface area contributed by atoms with Crippen LogP contribution in [0.15, 0.2) is 36.5 Å². The second-order valence-electron chi connectivity index (χ2n) is 4.41. The van der Waals surface area contributed by atoms with Crippen LogP contribution in [-0.2, 0) is 6.42 Å². The number of benzene rings is 1. The van der Waals surface area contributed by atoms with Gasteiger partial charge in [-0.3, -0.25) is 4.79 Å². The van der Waals surface area contributed by atoms with Crippen molar-refractivity contribution in [3.8, 4) is 17.4 Å². The van der Waals surface area contributed by atoms with Crippen LogP contribution >= 0.6 is 0 Å². The number of rotatable bonds is 6. The van der Waals surface area contributed by atoms with E-state index >= 15 is 0 Å². The first-order valence-electron chi connectivity index (χ1n) is 6.41. The Hall–Kier alpha value is -2.56. The number of aromatic nitrogens is 1. The normalized spacial score (nSPS) is 10.0. The summed E-state index contributed by atoms with van der Waals surface area (Å²) in [5.41, 5.74) is 1.37. The van der Waals surface area contributed by atoms with E-state index in [-0.39, 0.29) is 12.2 Å². The van der Waals surface area contributed by atoms with Gasteiger partial charge in [-0.05, 0) is 17.7 Å². The predicted octanol–water partition coefficient (Wildman–Crippen LogP) is 2.53. The molecule has 0 saturated heterocycles. The molecule has 0 bridgehead atoms. The summed E-state index contributed by atoms with van der Waals surface area (Å²) in [5, 5.41) is 0. The molecule has 1 aromatic carbocycles. The second-order valence-corrected chi connectivity index (χ2v) is 4.41. The molecule has 0 N–H and O–H groups in total. The van der Waals surface area contributed by atoms with Crippen molar-refractivity contribution in [2.24, 2.45) is 0 Å². The van der Waals surface area contributed by atoms with E-state index < -0.39 is 0 Å². The number of hydrogen-bond donors (Lipinski definition) is 0. The fourth-order valence-electron chi connectivity index (χ4n) is 1.89. The lowest BCUT2D eigenvalue weighted by molar-refractivity contribution is 0.0992. The summed E-state index contributed by atoms with van der Waals surface area (Å²) >= 11 is 0. The summed E-state index contributed by atoms with van der Waals surface area (Å²) in [4.78, 5) is 16.4. The van der Waals surface area contributed by atoms with Crippen LogP contribution in [-0.4, -0.2) is 32.1 Å². The maximum absolute atomic E-state index is 12.3. The fraction of sp³-hybridized carbons (Fsp3) is 0.250. The molecule has 0 aliphatic carbocycles. The molecule has 0 fully saturated rings. The van der Waals surface area contributed by atoms with Crippen molar-refractivity contribution >= 4 is 5.78 Å². The van der Waals surface area contributed by atoms with Crippen molar-refractivity contribution in [3.05, 3.63) is 47.7 Å². The van der Waals surface area contributed by atoms with E-state index in [1.807, 2.05) is 6.07 Å². The quantitative estimate of drug-likeness (QED) is 0.764. The fourth-order valence-corrected chi connectivity index (χ4v) is 1.89. The van der Waals surface area contributed by atoms with Crippen molar-refractivity contribution < 1.29 is 19.0 Å². The Bertz CT molecular complexity index is 600. The van der Waals surface area contributed by atoms with Crippen LogP contribution in [0.4, 0.5) is 0 Å². The van der Waals surface area contributed by atoms with Gasteiger partial charge in [0.25, 0.3) is 0 Å². The molecule has 0 aliphatic heterocycles. The lowest BCUT2D eigenvalue weighted by Crippen LogP contribution is -2.05. The third kappa shape index (κ3) is 3.72. The van der Waals surface area contributed by atoms with Crippen LogP contribution in [0.3, 0.4) is 0 Å². The van der Waals surface area contributed by atoms with Gasteiger partial charge >= 0.3 is 0 Å². The third-order valence-electron chi connectivity index (χ3n) is 3.04. The van der Waals surface area contributed by atoms with Gasteiger partial charge in [-0.25, -0.2) is 4.98 Å². The monoisotopic (exact) mass is 287 g/mol. The maximum atomic E-state index is 12.3. The molecule has 110 valence electrons. The predicted molar refractivity (Wildman–Crippen MR) is 78.4 cm³/mol. The molecule has 5 heteroatoms. The minimum atomic E-state index is -0.0285. The largest absolute Gasteiger partial charge is 0.497 e. The number of pyridine rings is 1. The summed E-state index contributed by atoms with van der Waals surface area (Å²) in [6.45, 7) is 0. The highest BCUT2D eigenvalue weighted by Gasteiger charge is 2.11. The van der Waals surface area contributed by atoms with E-state index in [0.717, 1.165) is 5.56 Å². The minimum absolute atomic E-state index is 0.0285. The Kier molecular flexibility index (Phi) is 4.77. The van der Waals surface area contributed by atoms with Crippen LogP contribution in [0.25, 0.3) is 0 Å². The lowest BCUT2D eigenvalue weighted by atomic mass is 10.0. The molecule has 2 rings (SSSR count). The number of hydrogen-bond acceptors (Lipinski definition) is 5. The van der Waals surface area contributed by atoms with E-state index in [2.05, 4.69) is 4.98 Å². The molecule has 1 heterocycles. The van der Waals surface area contributed by atoms with Crippen molar-refractivity contribution in [2.45, 2.75) is 6.42 Å². The summed E-state index contributed by atoms with van der Waals surface area (Å²) in [5.74, 6) is 1.67. The zero-order chi connectivity index (χ0) is 15.2. The number of nitrogens with zero attached hydrogens (tertiary/aromatic N) is 1.